The first-order valence-electron chi connectivity index (χ1n) is 17.4. The topological polar surface area (TPSA) is 0 Å². The lowest BCUT2D eigenvalue weighted by molar-refractivity contribution is 0.273. The normalized spacial score (nSPS) is 14.4. The van der Waals surface area contributed by atoms with E-state index in [2.05, 4.69) is 152 Å². The van der Waals surface area contributed by atoms with Gasteiger partial charge in [0, 0.05) is 5.41 Å². The molecule has 0 aromatic heterocycles. The molecule has 2 aliphatic rings. The maximum Gasteiger partial charge on any atom is 0.0139 e. The Labute approximate surface area is 273 Å². The minimum Gasteiger partial charge on any atom is -0.0627 e. The Kier molecular flexibility index (Phi) is 8.80. The minimum absolute atomic E-state index is 0.0396. The highest BCUT2D eigenvalue weighted by atomic mass is 14.5. The van der Waals surface area contributed by atoms with Crippen molar-refractivity contribution in [2.75, 3.05) is 0 Å². The zero-order chi connectivity index (χ0) is 31.9. The van der Waals surface area contributed by atoms with Crippen LogP contribution in [0.2, 0.25) is 0 Å². The highest BCUT2D eigenvalue weighted by Gasteiger charge is 2.42. The molecule has 0 bridgehead atoms. The van der Waals surface area contributed by atoms with Gasteiger partial charge in [-0.3, -0.25) is 0 Å². The van der Waals surface area contributed by atoms with Gasteiger partial charge < -0.3 is 0 Å². The Morgan fingerprint density at radius 2 is 0.867 bits per heavy atom. The van der Waals surface area contributed by atoms with Crippen molar-refractivity contribution in [2.24, 2.45) is 17.3 Å². The van der Waals surface area contributed by atoms with Gasteiger partial charge in [-0.15, -0.1) is 0 Å². The van der Waals surface area contributed by atoms with Crippen LogP contribution in [-0.2, 0) is 12.8 Å². The molecule has 4 aromatic carbocycles. The summed E-state index contributed by atoms with van der Waals surface area (Å²) in [4.78, 5) is 0. The Morgan fingerprint density at radius 1 is 0.489 bits per heavy atom. The van der Waals surface area contributed by atoms with Crippen molar-refractivity contribution < 1.29 is 0 Å². The van der Waals surface area contributed by atoms with Gasteiger partial charge in [-0.1, -0.05) is 164 Å². The summed E-state index contributed by atoms with van der Waals surface area (Å²) in [6, 6.07) is 32.5. The van der Waals surface area contributed by atoms with Crippen molar-refractivity contribution in [3.8, 4) is 22.3 Å². The van der Waals surface area contributed by atoms with Crippen LogP contribution in [0.5, 0.6) is 0 Å². The van der Waals surface area contributed by atoms with Gasteiger partial charge in [0.1, 0.15) is 0 Å². The zero-order valence-electron chi connectivity index (χ0n) is 28.9. The van der Waals surface area contributed by atoms with Crippen LogP contribution in [-0.4, -0.2) is 0 Å². The molecule has 0 atom stereocenters. The first-order valence-corrected chi connectivity index (χ1v) is 17.4. The molecule has 0 saturated heterocycles. The first kappa shape index (κ1) is 31.3. The fourth-order valence-electron chi connectivity index (χ4n) is 8.16. The molecule has 0 radical (unpaired) electrons. The quantitative estimate of drug-likeness (QED) is 0.172. The van der Waals surface area contributed by atoms with Crippen molar-refractivity contribution in [1.29, 1.82) is 0 Å². The molecular weight excluding hydrogens is 540 g/mol. The summed E-state index contributed by atoms with van der Waals surface area (Å²) in [5.74, 6) is 2.29. The molecule has 0 unspecified atom stereocenters. The molecule has 0 fully saturated rings. The van der Waals surface area contributed by atoms with E-state index >= 15 is 0 Å². The Bertz CT molecular complexity index is 1590. The molecule has 0 heteroatoms. The molecule has 0 heterocycles. The van der Waals surface area contributed by atoms with E-state index < -0.39 is 0 Å². The summed E-state index contributed by atoms with van der Waals surface area (Å²) in [5.41, 5.74) is 17.3. The maximum atomic E-state index is 2.61. The van der Waals surface area contributed by atoms with Gasteiger partial charge in [0.25, 0.3) is 0 Å². The summed E-state index contributed by atoms with van der Waals surface area (Å²) < 4.78 is 0. The highest BCUT2D eigenvalue weighted by Crippen LogP contribution is 2.55. The van der Waals surface area contributed by atoms with Crippen LogP contribution in [0.25, 0.3) is 34.4 Å². The number of rotatable bonds is 10. The van der Waals surface area contributed by atoms with Crippen molar-refractivity contribution in [3.05, 3.63) is 129 Å². The second kappa shape index (κ2) is 12.6. The number of hydrogen-bond donors (Lipinski definition) is 0. The summed E-state index contributed by atoms with van der Waals surface area (Å²) in [7, 11) is 0. The van der Waals surface area contributed by atoms with Gasteiger partial charge in [-0.2, -0.15) is 0 Å². The van der Waals surface area contributed by atoms with E-state index in [0.717, 1.165) is 12.8 Å². The van der Waals surface area contributed by atoms with Crippen LogP contribution in [0, 0.1) is 17.3 Å². The molecular formula is C45H52. The molecule has 45 heavy (non-hydrogen) atoms. The average Bonchev–Trinajstić information content (AvgIpc) is 3.66. The zero-order valence-corrected chi connectivity index (χ0v) is 28.9. The second-order valence-electron chi connectivity index (χ2n) is 15.3. The molecule has 2 aliphatic carbocycles. The minimum atomic E-state index is 0.0396. The Hall–Kier alpha value is -3.64. The number of hydrogen-bond acceptors (Lipinski definition) is 0. The van der Waals surface area contributed by atoms with Gasteiger partial charge in [0.15, 0.2) is 0 Å². The predicted molar refractivity (Wildman–Crippen MR) is 197 cm³/mol. The molecule has 0 N–H and O–H groups in total. The molecule has 0 nitrogen and oxygen atoms in total. The van der Waals surface area contributed by atoms with Crippen LogP contribution >= 0.6 is 0 Å². The number of benzene rings is 4. The van der Waals surface area contributed by atoms with E-state index in [-0.39, 0.29) is 5.41 Å². The lowest BCUT2D eigenvalue weighted by Gasteiger charge is -2.40. The fourth-order valence-corrected chi connectivity index (χ4v) is 8.16. The van der Waals surface area contributed by atoms with E-state index in [1.807, 2.05) is 0 Å². The van der Waals surface area contributed by atoms with Crippen molar-refractivity contribution in [2.45, 2.75) is 92.9 Å². The van der Waals surface area contributed by atoms with Crippen LogP contribution in [0.15, 0.2) is 96.1 Å². The van der Waals surface area contributed by atoms with E-state index in [0.29, 0.717) is 23.7 Å². The number of fused-ring (bicyclic) bond motifs is 2. The van der Waals surface area contributed by atoms with Crippen LogP contribution in [0.1, 0.15) is 113 Å². The van der Waals surface area contributed by atoms with Gasteiger partial charge in [0.05, 0.1) is 0 Å². The van der Waals surface area contributed by atoms with Gasteiger partial charge >= 0.3 is 0 Å². The molecule has 4 aromatic rings. The smallest absolute Gasteiger partial charge is 0.0139 e. The third kappa shape index (κ3) is 6.14. The fraction of sp³-hybridized carbons (Fsp3) is 0.378. The van der Waals surface area contributed by atoms with Crippen molar-refractivity contribution in [3.63, 3.8) is 0 Å². The summed E-state index contributed by atoms with van der Waals surface area (Å²) in [6.45, 7) is 18.8. The number of allylic oxidation sites excluding steroid dienone is 2. The van der Waals surface area contributed by atoms with E-state index in [1.54, 1.807) is 11.1 Å². The SMILES string of the molecule is CC(C)CC(CC(C)C)(C1=Cc2c(cccc2-c2ccc(C(C)C)cc2)C1)C1=Cc2c(cccc2-c2ccc(C(C)C)cc2)C1. The van der Waals surface area contributed by atoms with Crippen LogP contribution < -0.4 is 0 Å². The summed E-state index contributed by atoms with van der Waals surface area (Å²) >= 11 is 0. The molecule has 0 saturated carbocycles. The third-order valence-electron chi connectivity index (χ3n) is 10.3. The van der Waals surface area contributed by atoms with E-state index in [9.17, 15) is 0 Å². The van der Waals surface area contributed by atoms with Gasteiger partial charge in [0.2, 0.25) is 0 Å². The highest BCUT2D eigenvalue weighted by molar-refractivity contribution is 5.84. The monoisotopic (exact) mass is 592 g/mol. The third-order valence-corrected chi connectivity index (χ3v) is 10.3. The Balaban J connectivity index is 1.45. The van der Waals surface area contributed by atoms with Crippen molar-refractivity contribution >= 4 is 12.2 Å². The standard InChI is InChI=1S/C45H52/c1-29(2)27-45(28-30(3)4,39-23-37-11-9-13-41(43(37)25-39)35-19-15-33(16-20-35)31(5)6)40-24-38-12-10-14-42(44(38)26-40)36-21-17-34(18-22-36)32(7)8/h9-22,25-26,29-32H,23-24,27-28H2,1-8H3. The van der Waals surface area contributed by atoms with E-state index in [4.69, 9.17) is 0 Å². The summed E-state index contributed by atoms with van der Waals surface area (Å²) in [6.07, 6.45) is 9.68. The first-order chi connectivity index (χ1) is 21.6. The molecule has 0 spiro atoms. The Morgan fingerprint density at radius 3 is 1.20 bits per heavy atom. The van der Waals surface area contributed by atoms with Gasteiger partial charge in [-0.05, 0) is 105 Å². The largest absolute Gasteiger partial charge is 0.0627 e. The van der Waals surface area contributed by atoms with E-state index in [1.165, 1.54) is 68.5 Å². The predicted octanol–water partition coefficient (Wildman–Crippen LogP) is 12.9. The van der Waals surface area contributed by atoms with Crippen LogP contribution in [0.3, 0.4) is 0 Å². The maximum absolute atomic E-state index is 2.61. The lowest BCUT2D eigenvalue weighted by atomic mass is 9.63. The second-order valence-corrected chi connectivity index (χ2v) is 15.3. The van der Waals surface area contributed by atoms with Gasteiger partial charge in [-0.25, -0.2) is 0 Å². The molecule has 232 valence electrons. The van der Waals surface area contributed by atoms with Crippen molar-refractivity contribution in [1.82, 2.24) is 0 Å². The molecule has 0 amide bonds. The lowest BCUT2D eigenvalue weighted by Crippen LogP contribution is -2.30. The van der Waals surface area contributed by atoms with Crippen LogP contribution in [0.4, 0.5) is 0 Å². The average molecular weight is 593 g/mol. The summed E-state index contributed by atoms with van der Waals surface area (Å²) in [5, 5.41) is 0. The molecule has 0 aliphatic heterocycles. The molecule has 6 rings (SSSR count).